The Kier molecular flexibility index (Phi) is 7.91. The van der Waals surface area contributed by atoms with E-state index >= 15 is 0 Å². The summed E-state index contributed by atoms with van der Waals surface area (Å²) in [5.74, 6) is 0.979. The van der Waals surface area contributed by atoms with E-state index in [1.165, 1.54) is 11.3 Å². The zero-order valence-electron chi connectivity index (χ0n) is 19.1. The van der Waals surface area contributed by atoms with Crippen LogP contribution in [0.3, 0.4) is 0 Å². The van der Waals surface area contributed by atoms with Crippen LogP contribution >= 0.6 is 11.3 Å². The average molecular weight is 475 g/mol. The van der Waals surface area contributed by atoms with Crippen molar-refractivity contribution in [1.82, 2.24) is 10.3 Å². The van der Waals surface area contributed by atoms with E-state index in [9.17, 15) is 4.79 Å². The number of hydrogen-bond acceptors (Lipinski definition) is 6. The van der Waals surface area contributed by atoms with Crippen molar-refractivity contribution < 1.29 is 19.0 Å². The normalized spacial score (nSPS) is 10.6. The highest BCUT2D eigenvalue weighted by Gasteiger charge is 2.17. The van der Waals surface area contributed by atoms with Gasteiger partial charge in [-0.25, -0.2) is 4.98 Å². The molecule has 0 radical (unpaired) electrons. The predicted octanol–water partition coefficient (Wildman–Crippen LogP) is 5.47. The fourth-order valence-corrected chi connectivity index (χ4v) is 4.37. The summed E-state index contributed by atoms with van der Waals surface area (Å²) in [6.45, 7) is 1.40. The molecule has 0 saturated carbocycles. The quantitative estimate of drug-likeness (QED) is 0.330. The van der Waals surface area contributed by atoms with Gasteiger partial charge in [0.05, 0.1) is 33.0 Å². The molecule has 0 unspecified atom stereocenters. The molecule has 0 aliphatic heterocycles. The molecule has 7 heteroatoms. The van der Waals surface area contributed by atoms with Gasteiger partial charge in [-0.2, -0.15) is 0 Å². The minimum absolute atomic E-state index is 0.232. The number of amides is 1. The second-order valence-corrected chi connectivity index (χ2v) is 8.37. The van der Waals surface area contributed by atoms with Gasteiger partial charge in [0.2, 0.25) is 0 Å². The maximum atomic E-state index is 12.8. The Morgan fingerprint density at radius 2 is 1.65 bits per heavy atom. The summed E-state index contributed by atoms with van der Waals surface area (Å²) in [7, 11) is 3.18. The lowest BCUT2D eigenvalue weighted by Gasteiger charge is -2.11. The Hall–Kier alpha value is -3.68. The van der Waals surface area contributed by atoms with E-state index in [1.807, 2.05) is 72.8 Å². The van der Waals surface area contributed by atoms with E-state index in [-0.39, 0.29) is 5.91 Å². The lowest BCUT2D eigenvalue weighted by Crippen LogP contribution is -2.23. The van der Waals surface area contributed by atoms with Crippen molar-refractivity contribution in [3.05, 3.63) is 101 Å². The van der Waals surface area contributed by atoms with Crippen LogP contribution in [0.5, 0.6) is 11.5 Å². The first kappa shape index (κ1) is 23.5. The first-order valence-corrected chi connectivity index (χ1v) is 11.7. The second kappa shape index (κ2) is 11.4. The van der Waals surface area contributed by atoms with E-state index in [0.29, 0.717) is 42.0 Å². The molecule has 0 fully saturated rings. The van der Waals surface area contributed by atoms with E-state index in [0.717, 1.165) is 22.3 Å². The van der Waals surface area contributed by atoms with E-state index in [2.05, 4.69) is 10.3 Å². The maximum absolute atomic E-state index is 12.8. The number of carbonyl (C=O) groups excluding carboxylic acids is 1. The lowest BCUT2D eigenvalue weighted by atomic mass is 10.1. The third-order valence-corrected chi connectivity index (χ3v) is 6.17. The van der Waals surface area contributed by atoms with Crippen LogP contribution in [0.1, 0.15) is 27.2 Å². The monoisotopic (exact) mass is 474 g/mol. The molecular formula is C27H26N2O4S. The van der Waals surface area contributed by atoms with Gasteiger partial charge in [-0.3, -0.25) is 4.79 Å². The number of nitrogens with one attached hydrogen (secondary N) is 1. The van der Waals surface area contributed by atoms with Crippen molar-refractivity contribution in [1.29, 1.82) is 0 Å². The molecule has 0 saturated heterocycles. The topological polar surface area (TPSA) is 69.7 Å². The van der Waals surface area contributed by atoms with Crippen LogP contribution in [0.2, 0.25) is 0 Å². The fraction of sp³-hybridized carbons (Fsp3) is 0.185. The van der Waals surface area contributed by atoms with Crippen LogP contribution < -0.4 is 14.8 Å². The van der Waals surface area contributed by atoms with Crippen molar-refractivity contribution in [3.8, 4) is 22.1 Å². The van der Waals surface area contributed by atoms with Gasteiger partial charge < -0.3 is 19.5 Å². The number of nitrogens with zero attached hydrogens (tertiary/aromatic N) is 1. The molecule has 0 spiro atoms. The minimum atomic E-state index is -0.232. The Bertz CT molecular complexity index is 1240. The zero-order chi connectivity index (χ0) is 23.8. The number of hydrogen-bond donors (Lipinski definition) is 1. The Morgan fingerprint density at radius 3 is 2.41 bits per heavy atom. The lowest BCUT2D eigenvalue weighted by molar-refractivity contribution is 0.0943. The molecule has 4 rings (SSSR count). The van der Waals surface area contributed by atoms with Gasteiger partial charge in [0.1, 0.15) is 10.7 Å². The fourth-order valence-electron chi connectivity index (χ4n) is 3.55. The van der Waals surface area contributed by atoms with Gasteiger partial charge in [-0.05, 0) is 28.8 Å². The molecule has 3 aromatic carbocycles. The SMILES string of the molecule is COc1cccc(-c2nc(C(=O)NCc3ccccc3COCc3ccccc3)cs2)c1OC. The molecule has 6 nitrogen and oxygen atoms in total. The van der Waals surface area contributed by atoms with Crippen LogP contribution in [0, 0.1) is 0 Å². The van der Waals surface area contributed by atoms with Crippen molar-refractivity contribution in [2.24, 2.45) is 0 Å². The Balaban J connectivity index is 1.39. The van der Waals surface area contributed by atoms with Crippen molar-refractivity contribution >= 4 is 17.2 Å². The van der Waals surface area contributed by atoms with E-state index in [1.54, 1.807) is 19.6 Å². The molecule has 0 bridgehead atoms. The predicted molar refractivity (Wildman–Crippen MR) is 133 cm³/mol. The number of ether oxygens (including phenoxy) is 3. The number of thiazole rings is 1. The molecule has 0 atom stereocenters. The summed E-state index contributed by atoms with van der Waals surface area (Å²) < 4.78 is 16.8. The van der Waals surface area contributed by atoms with Gasteiger partial charge in [0, 0.05) is 11.9 Å². The van der Waals surface area contributed by atoms with E-state index in [4.69, 9.17) is 14.2 Å². The number of benzene rings is 3. The molecule has 0 aliphatic rings. The largest absolute Gasteiger partial charge is 0.493 e. The highest BCUT2D eigenvalue weighted by atomic mass is 32.1. The molecular weight excluding hydrogens is 448 g/mol. The Labute approximate surface area is 203 Å². The molecule has 1 amide bonds. The third-order valence-electron chi connectivity index (χ3n) is 5.30. The van der Waals surface area contributed by atoms with Crippen LogP contribution in [0.4, 0.5) is 0 Å². The van der Waals surface area contributed by atoms with Crippen LogP contribution in [-0.4, -0.2) is 25.1 Å². The highest BCUT2D eigenvalue weighted by molar-refractivity contribution is 7.13. The smallest absolute Gasteiger partial charge is 0.271 e. The summed E-state index contributed by atoms with van der Waals surface area (Å²) in [5, 5.41) is 5.41. The molecule has 174 valence electrons. The van der Waals surface area contributed by atoms with Gasteiger partial charge in [0.15, 0.2) is 11.5 Å². The van der Waals surface area contributed by atoms with Gasteiger partial charge >= 0.3 is 0 Å². The molecule has 4 aromatic rings. The summed E-state index contributed by atoms with van der Waals surface area (Å²) in [4.78, 5) is 17.3. The summed E-state index contributed by atoms with van der Waals surface area (Å²) in [5.41, 5.74) is 4.32. The van der Waals surface area contributed by atoms with Gasteiger partial charge in [-0.15, -0.1) is 11.3 Å². The van der Waals surface area contributed by atoms with E-state index < -0.39 is 0 Å². The number of carbonyl (C=O) groups is 1. The average Bonchev–Trinajstić information content (AvgIpc) is 3.38. The van der Waals surface area contributed by atoms with Crippen LogP contribution in [0.25, 0.3) is 10.6 Å². The number of para-hydroxylation sites is 1. The number of methoxy groups -OCH3 is 2. The molecule has 34 heavy (non-hydrogen) atoms. The van der Waals surface area contributed by atoms with Crippen LogP contribution in [-0.2, 0) is 24.5 Å². The number of aromatic nitrogens is 1. The second-order valence-electron chi connectivity index (χ2n) is 7.51. The van der Waals surface area contributed by atoms with Gasteiger partial charge in [0.25, 0.3) is 5.91 Å². The standard InChI is InChI=1S/C27H26N2O4S/c1-31-24-14-8-13-22(25(24)32-2)27-29-23(18-34-27)26(30)28-15-20-11-6-7-12-21(20)17-33-16-19-9-4-3-5-10-19/h3-14,18H,15-17H2,1-2H3,(H,28,30). The zero-order valence-corrected chi connectivity index (χ0v) is 19.9. The van der Waals surface area contributed by atoms with Crippen molar-refractivity contribution in [2.45, 2.75) is 19.8 Å². The highest BCUT2D eigenvalue weighted by Crippen LogP contribution is 2.38. The summed E-state index contributed by atoms with van der Waals surface area (Å²) >= 11 is 1.39. The molecule has 1 N–H and O–H groups in total. The first-order valence-electron chi connectivity index (χ1n) is 10.8. The minimum Gasteiger partial charge on any atom is -0.493 e. The molecule has 0 aliphatic carbocycles. The number of rotatable bonds is 10. The van der Waals surface area contributed by atoms with Crippen LogP contribution in [0.15, 0.2) is 78.2 Å². The summed E-state index contributed by atoms with van der Waals surface area (Å²) in [6.07, 6.45) is 0. The third kappa shape index (κ3) is 5.62. The maximum Gasteiger partial charge on any atom is 0.271 e. The molecule has 1 aromatic heterocycles. The molecule has 1 heterocycles. The van der Waals surface area contributed by atoms with Crippen molar-refractivity contribution in [2.75, 3.05) is 14.2 Å². The Morgan fingerprint density at radius 1 is 0.882 bits per heavy atom. The van der Waals surface area contributed by atoms with Gasteiger partial charge in [-0.1, -0.05) is 60.7 Å². The first-order chi connectivity index (χ1) is 16.7. The van der Waals surface area contributed by atoms with Crippen molar-refractivity contribution in [3.63, 3.8) is 0 Å². The summed E-state index contributed by atoms with van der Waals surface area (Å²) in [6, 6.07) is 23.6.